The fourth-order valence-corrected chi connectivity index (χ4v) is 4.76. The van der Waals surface area contributed by atoms with Crippen LogP contribution in [0, 0.1) is 11.3 Å². The van der Waals surface area contributed by atoms with Crippen LogP contribution < -0.4 is 9.46 Å². The topological polar surface area (TPSA) is 90.4 Å². The fraction of sp³-hybridized carbons (Fsp3) is 0.318. The lowest BCUT2D eigenvalue weighted by Crippen LogP contribution is -2.12. The highest BCUT2D eigenvalue weighted by atomic mass is 32.3. The van der Waals surface area contributed by atoms with Crippen molar-refractivity contribution < 1.29 is 13.8 Å². The minimum atomic E-state index is -2.89. The van der Waals surface area contributed by atoms with E-state index in [-0.39, 0.29) is 5.75 Å². The Balaban J connectivity index is 2.18. The van der Waals surface area contributed by atoms with Crippen LogP contribution in [0.25, 0.3) is 22.2 Å². The van der Waals surface area contributed by atoms with Crippen molar-refractivity contribution >= 4 is 27.4 Å². The second-order valence-corrected chi connectivity index (χ2v) is 8.87. The maximum atomic E-state index is 10.2. The predicted octanol–water partition coefficient (Wildman–Crippen LogP) is 6.09. The van der Waals surface area contributed by atoms with Crippen molar-refractivity contribution in [3.63, 3.8) is 0 Å². The number of anilines is 1. The molecule has 3 rings (SSSR count). The first-order valence-electron chi connectivity index (χ1n) is 9.68. The first-order valence-corrected chi connectivity index (χ1v) is 11.4. The number of fused-ring (bicyclic) bond motifs is 1. The molecule has 7 heteroatoms. The van der Waals surface area contributed by atoms with E-state index in [1.807, 2.05) is 43.3 Å². The smallest absolute Gasteiger partial charge is 0.120 e. The van der Waals surface area contributed by atoms with Gasteiger partial charge in [-0.15, -0.1) is 10.8 Å². The van der Waals surface area contributed by atoms with Gasteiger partial charge in [0.1, 0.15) is 11.8 Å². The van der Waals surface area contributed by atoms with E-state index in [0.717, 1.165) is 40.9 Å². The molecule has 0 bridgehead atoms. The highest BCUT2D eigenvalue weighted by Crippen LogP contribution is 2.41. The summed E-state index contributed by atoms with van der Waals surface area (Å²) >= 11 is 0. The highest BCUT2D eigenvalue weighted by Gasteiger charge is 2.20. The number of rotatable bonds is 8. The molecule has 2 aromatic carbocycles. The van der Waals surface area contributed by atoms with E-state index in [2.05, 4.69) is 22.3 Å². The van der Waals surface area contributed by atoms with Crippen LogP contribution >= 0.6 is 10.8 Å². The van der Waals surface area contributed by atoms with Gasteiger partial charge in [0, 0.05) is 23.6 Å². The van der Waals surface area contributed by atoms with E-state index in [9.17, 15) is 14.4 Å². The maximum Gasteiger partial charge on any atom is 0.120 e. The molecule has 0 aliphatic heterocycles. The third kappa shape index (κ3) is 4.35. The molecule has 0 aliphatic rings. The number of aromatic nitrogens is 1. The van der Waals surface area contributed by atoms with Crippen LogP contribution in [0.1, 0.15) is 32.3 Å². The van der Waals surface area contributed by atoms with Crippen LogP contribution in [0.4, 0.5) is 5.69 Å². The van der Waals surface area contributed by atoms with Crippen molar-refractivity contribution in [2.24, 2.45) is 0 Å². The molecule has 0 unspecified atom stereocenters. The zero-order valence-corrected chi connectivity index (χ0v) is 17.8. The van der Waals surface area contributed by atoms with Crippen LogP contribution in [-0.4, -0.2) is 26.5 Å². The molecule has 3 aromatic rings. The molecule has 29 heavy (non-hydrogen) atoms. The largest absolute Gasteiger partial charge is 0.497 e. The summed E-state index contributed by atoms with van der Waals surface area (Å²) in [5, 5.41) is 10.8. The average Bonchev–Trinajstić information content (AvgIpc) is 3.00. The zero-order chi connectivity index (χ0) is 21.0. The fourth-order valence-electron chi connectivity index (χ4n) is 3.58. The van der Waals surface area contributed by atoms with Crippen LogP contribution in [0.3, 0.4) is 0 Å². The van der Waals surface area contributed by atoms with Crippen molar-refractivity contribution in [2.45, 2.75) is 33.2 Å². The molecule has 0 spiro atoms. The van der Waals surface area contributed by atoms with Gasteiger partial charge < -0.3 is 9.30 Å². The minimum absolute atomic E-state index is 0.288. The molecule has 0 fully saturated rings. The summed E-state index contributed by atoms with van der Waals surface area (Å²) < 4.78 is 30.8. The lowest BCUT2D eigenvalue weighted by molar-refractivity contribution is 0.415. The standard InChI is InChI=1S/C22H27N3O3S/c1-4-11-25-21-14-18(28-3)9-10-19(21)20(15-23)22(25)16-7-6-8-17(13-16)24-29(26,27)12-5-2/h6-10,13-14,24,26-27H,4-5,11-12H2,1-3H3. The van der Waals surface area contributed by atoms with E-state index < -0.39 is 10.8 Å². The van der Waals surface area contributed by atoms with Gasteiger partial charge in [-0.3, -0.25) is 13.8 Å². The Morgan fingerprint density at radius 1 is 1.14 bits per heavy atom. The Morgan fingerprint density at radius 2 is 1.93 bits per heavy atom. The summed E-state index contributed by atoms with van der Waals surface area (Å²) in [7, 11) is -1.26. The first kappa shape index (κ1) is 21.1. The Kier molecular flexibility index (Phi) is 6.38. The molecule has 0 atom stereocenters. The number of aryl methyl sites for hydroxylation is 1. The van der Waals surface area contributed by atoms with Gasteiger partial charge in [0.15, 0.2) is 0 Å². The molecule has 0 saturated heterocycles. The third-order valence-electron chi connectivity index (χ3n) is 4.74. The number of nitrogens with one attached hydrogen (secondary N) is 1. The molecule has 154 valence electrons. The monoisotopic (exact) mass is 413 g/mol. The van der Waals surface area contributed by atoms with Gasteiger partial charge in [-0.25, -0.2) is 0 Å². The van der Waals surface area contributed by atoms with Crippen molar-refractivity contribution in [2.75, 3.05) is 17.6 Å². The SMILES string of the molecule is CCCn1c(-c2cccc(NS(O)(O)CCC)c2)c(C#N)c2ccc(OC)cc21. The molecule has 3 N–H and O–H groups in total. The molecule has 6 nitrogen and oxygen atoms in total. The lowest BCUT2D eigenvalue weighted by Gasteiger charge is -2.33. The molecular weight excluding hydrogens is 386 g/mol. The maximum absolute atomic E-state index is 10.2. The number of hydrogen-bond donors (Lipinski definition) is 3. The molecule has 0 aliphatic carbocycles. The molecular formula is C22H27N3O3S. The van der Waals surface area contributed by atoms with Crippen LogP contribution in [0.2, 0.25) is 0 Å². The number of benzene rings is 2. The van der Waals surface area contributed by atoms with E-state index >= 15 is 0 Å². The van der Waals surface area contributed by atoms with Gasteiger partial charge in [-0.05, 0) is 37.1 Å². The molecule has 1 heterocycles. The lowest BCUT2D eigenvalue weighted by atomic mass is 10.1. The first-order chi connectivity index (χ1) is 13.9. The number of hydrogen-bond acceptors (Lipinski definition) is 5. The van der Waals surface area contributed by atoms with Crippen LogP contribution in [-0.2, 0) is 6.54 Å². The molecule has 0 saturated carbocycles. The summed E-state index contributed by atoms with van der Waals surface area (Å²) in [5.74, 6) is 1.03. The van der Waals surface area contributed by atoms with E-state index in [4.69, 9.17) is 4.74 Å². The Morgan fingerprint density at radius 3 is 2.59 bits per heavy atom. The Hall–Kier alpha value is -2.66. The number of ether oxygens (including phenoxy) is 1. The van der Waals surface area contributed by atoms with Crippen LogP contribution in [0.5, 0.6) is 5.75 Å². The van der Waals surface area contributed by atoms with Gasteiger partial charge in [0.2, 0.25) is 0 Å². The van der Waals surface area contributed by atoms with Crippen molar-refractivity contribution in [1.82, 2.24) is 4.57 Å². The van der Waals surface area contributed by atoms with E-state index in [0.29, 0.717) is 17.7 Å². The summed E-state index contributed by atoms with van der Waals surface area (Å²) in [6.45, 7) is 4.76. The van der Waals surface area contributed by atoms with Gasteiger partial charge in [-0.1, -0.05) is 26.0 Å². The highest BCUT2D eigenvalue weighted by molar-refractivity contribution is 8.25. The summed E-state index contributed by atoms with van der Waals surface area (Å²) in [5.41, 5.74) is 3.85. The number of nitriles is 1. The predicted molar refractivity (Wildman–Crippen MR) is 121 cm³/mol. The quantitative estimate of drug-likeness (QED) is 0.416. The van der Waals surface area contributed by atoms with Gasteiger partial charge in [0.05, 0.1) is 35.3 Å². The molecule has 0 amide bonds. The Labute approximate surface area is 173 Å². The van der Waals surface area contributed by atoms with E-state index in [1.165, 1.54) is 0 Å². The normalized spacial score (nSPS) is 12.0. The van der Waals surface area contributed by atoms with Crippen LogP contribution in [0.15, 0.2) is 42.5 Å². The minimum Gasteiger partial charge on any atom is -0.497 e. The Bertz CT molecular complexity index is 1050. The number of methoxy groups -OCH3 is 1. The van der Waals surface area contributed by atoms with Gasteiger partial charge in [-0.2, -0.15) is 5.26 Å². The number of nitrogens with zero attached hydrogens (tertiary/aromatic N) is 2. The van der Waals surface area contributed by atoms with E-state index in [1.54, 1.807) is 13.2 Å². The molecule has 0 radical (unpaired) electrons. The summed E-state index contributed by atoms with van der Waals surface area (Å²) in [6.07, 6.45) is 1.58. The zero-order valence-electron chi connectivity index (χ0n) is 17.0. The third-order valence-corrected chi connectivity index (χ3v) is 6.28. The van der Waals surface area contributed by atoms with Gasteiger partial charge >= 0.3 is 0 Å². The summed E-state index contributed by atoms with van der Waals surface area (Å²) in [4.78, 5) is 0. The molecule has 1 aromatic heterocycles. The van der Waals surface area contributed by atoms with Crippen molar-refractivity contribution in [3.8, 4) is 23.1 Å². The second kappa shape index (κ2) is 8.78. The average molecular weight is 414 g/mol. The van der Waals surface area contributed by atoms with Gasteiger partial charge in [0.25, 0.3) is 0 Å². The second-order valence-electron chi connectivity index (χ2n) is 6.92. The van der Waals surface area contributed by atoms with Crippen molar-refractivity contribution in [3.05, 3.63) is 48.0 Å². The summed E-state index contributed by atoms with van der Waals surface area (Å²) in [6, 6.07) is 15.6. The van der Waals surface area contributed by atoms with Crippen molar-refractivity contribution in [1.29, 1.82) is 5.26 Å².